The van der Waals surface area contributed by atoms with E-state index in [4.69, 9.17) is 0 Å². The highest BCUT2D eigenvalue weighted by atomic mass is 19.4. The molecule has 0 saturated carbocycles. The highest BCUT2D eigenvalue weighted by Gasteiger charge is 2.33. The molecule has 0 aliphatic rings. The molecule has 2 N–H and O–H groups in total. The number of nitrogens with zero attached hydrogens (tertiary/aromatic N) is 3. The Labute approximate surface area is 199 Å². The minimum absolute atomic E-state index is 0.104. The molecular formula is C26H33F3N4O. The summed E-state index contributed by atoms with van der Waals surface area (Å²) in [6.45, 7) is 13.1. The van der Waals surface area contributed by atoms with E-state index in [9.17, 15) is 18.3 Å². The summed E-state index contributed by atoms with van der Waals surface area (Å²) in [4.78, 5) is 8.47. The van der Waals surface area contributed by atoms with Crippen molar-refractivity contribution in [1.82, 2.24) is 14.8 Å². The van der Waals surface area contributed by atoms with Crippen molar-refractivity contribution in [2.45, 2.75) is 47.0 Å². The molecule has 0 saturated heterocycles. The Morgan fingerprint density at radius 1 is 0.882 bits per heavy atom. The van der Waals surface area contributed by atoms with Crippen LogP contribution < -0.4 is 5.32 Å². The largest absolute Gasteiger partial charge is 0.505 e. The van der Waals surface area contributed by atoms with Crippen LogP contribution in [0.25, 0.3) is 10.9 Å². The molecule has 1 heterocycles. The Bertz CT molecular complexity index is 1110. The number of nitrogens with one attached hydrogen (secondary N) is 1. The molecule has 0 amide bonds. The monoisotopic (exact) mass is 474 g/mol. The second-order valence-corrected chi connectivity index (χ2v) is 8.26. The summed E-state index contributed by atoms with van der Waals surface area (Å²) in [5.74, 6) is 0.104. The lowest BCUT2D eigenvalue weighted by Crippen LogP contribution is -2.24. The fraction of sp³-hybridized carbons (Fsp3) is 0.423. The highest BCUT2D eigenvalue weighted by Crippen LogP contribution is 2.38. The lowest BCUT2D eigenvalue weighted by molar-refractivity contribution is -0.136. The lowest BCUT2D eigenvalue weighted by Gasteiger charge is -2.23. The maximum absolute atomic E-state index is 13.5. The van der Waals surface area contributed by atoms with Gasteiger partial charge in [0.15, 0.2) is 0 Å². The molecule has 2 aromatic carbocycles. The zero-order valence-corrected chi connectivity index (χ0v) is 20.2. The second kappa shape index (κ2) is 11.1. The van der Waals surface area contributed by atoms with Gasteiger partial charge in [0.2, 0.25) is 0 Å². The molecule has 1 aromatic heterocycles. The van der Waals surface area contributed by atoms with Crippen molar-refractivity contribution < 1.29 is 18.3 Å². The van der Waals surface area contributed by atoms with Crippen LogP contribution in [0.2, 0.25) is 0 Å². The maximum atomic E-state index is 13.5. The summed E-state index contributed by atoms with van der Waals surface area (Å²) in [6.07, 6.45) is -3.15. The normalized spacial score (nSPS) is 12.1. The van der Waals surface area contributed by atoms with Crippen LogP contribution in [0.5, 0.6) is 5.75 Å². The van der Waals surface area contributed by atoms with Crippen LogP contribution in [0.1, 0.15) is 44.4 Å². The zero-order valence-electron chi connectivity index (χ0n) is 20.2. The number of fused-ring (bicyclic) bond motifs is 1. The second-order valence-electron chi connectivity index (χ2n) is 8.26. The molecule has 0 aliphatic heterocycles. The number of anilines is 2. The van der Waals surface area contributed by atoms with Gasteiger partial charge in [-0.15, -0.1) is 0 Å². The van der Waals surface area contributed by atoms with Gasteiger partial charge >= 0.3 is 6.18 Å². The lowest BCUT2D eigenvalue weighted by atomic mass is 10.0. The van der Waals surface area contributed by atoms with Crippen LogP contribution in [0.4, 0.5) is 24.5 Å². The molecule has 0 aliphatic carbocycles. The Morgan fingerprint density at radius 2 is 1.53 bits per heavy atom. The van der Waals surface area contributed by atoms with Crippen molar-refractivity contribution in [3.63, 3.8) is 0 Å². The minimum atomic E-state index is -4.51. The van der Waals surface area contributed by atoms with Crippen LogP contribution in [-0.2, 0) is 19.3 Å². The molecule has 34 heavy (non-hydrogen) atoms. The average Bonchev–Trinajstić information content (AvgIpc) is 2.82. The summed E-state index contributed by atoms with van der Waals surface area (Å²) < 4.78 is 40.5. The molecule has 3 aromatic rings. The van der Waals surface area contributed by atoms with E-state index in [2.05, 4.69) is 47.8 Å². The van der Waals surface area contributed by atoms with Crippen molar-refractivity contribution in [2.75, 3.05) is 31.5 Å². The molecule has 0 radical (unpaired) electrons. The van der Waals surface area contributed by atoms with Gasteiger partial charge in [-0.2, -0.15) is 13.2 Å². The number of pyridine rings is 1. The standard InChI is InChI=1S/C26H33F3N4O/c1-5-32(6-2)16-18-14-19(17-33(7-3)8-4)25(34)23(15-18)31-22-12-13-30-24-20(22)10-9-11-21(24)26(27,28)29/h9-15,34H,5-8,16-17H2,1-4H3,(H,30,31). The Balaban J connectivity index is 2.09. The fourth-order valence-electron chi connectivity index (χ4n) is 4.12. The van der Waals surface area contributed by atoms with E-state index in [0.29, 0.717) is 29.9 Å². The van der Waals surface area contributed by atoms with Crippen molar-refractivity contribution in [2.24, 2.45) is 0 Å². The first-order valence-corrected chi connectivity index (χ1v) is 11.7. The molecular weight excluding hydrogens is 441 g/mol. The predicted molar refractivity (Wildman–Crippen MR) is 131 cm³/mol. The summed E-state index contributed by atoms with van der Waals surface area (Å²) in [6, 6.07) is 9.53. The van der Waals surface area contributed by atoms with Gasteiger partial charge in [0.25, 0.3) is 0 Å². The molecule has 8 heteroatoms. The number of hydrogen-bond acceptors (Lipinski definition) is 5. The molecule has 0 fully saturated rings. The molecule has 0 spiro atoms. The average molecular weight is 475 g/mol. The Kier molecular flexibility index (Phi) is 8.38. The number of phenolic OH excluding ortho intramolecular Hbond substituents is 1. The highest BCUT2D eigenvalue weighted by molar-refractivity contribution is 5.95. The number of halogens is 3. The molecule has 184 valence electrons. The third-order valence-electron chi connectivity index (χ3n) is 6.18. The number of alkyl halides is 3. The van der Waals surface area contributed by atoms with Crippen LogP contribution in [0, 0.1) is 0 Å². The van der Waals surface area contributed by atoms with Gasteiger partial charge in [-0.1, -0.05) is 39.8 Å². The number of aromatic hydroxyl groups is 1. The fourth-order valence-corrected chi connectivity index (χ4v) is 4.12. The SMILES string of the molecule is CCN(CC)Cc1cc(CN(CC)CC)c(O)c(Nc2ccnc3c(C(F)(F)F)cccc23)c1. The van der Waals surface area contributed by atoms with E-state index >= 15 is 0 Å². The zero-order chi connectivity index (χ0) is 24.9. The van der Waals surface area contributed by atoms with Gasteiger partial charge < -0.3 is 10.4 Å². The number of rotatable bonds is 10. The van der Waals surface area contributed by atoms with E-state index in [1.54, 1.807) is 12.1 Å². The number of para-hydroxylation sites is 1. The summed E-state index contributed by atoms with van der Waals surface area (Å²) in [5, 5.41) is 14.7. The molecule has 0 atom stereocenters. The first kappa shape index (κ1) is 25.8. The topological polar surface area (TPSA) is 51.6 Å². The molecule has 3 rings (SSSR count). The first-order valence-electron chi connectivity index (χ1n) is 11.7. The number of aromatic nitrogens is 1. The third kappa shape index (κ3) is 5.80. The van der Waals surface area contributed by atoms with E-state index in [1.807, 2.05) is 12.1 Å². The summed E-state index contributed by atoms with van der Waals surface area (Å²) in [7, 11) is 0. The van der Waals surface area contributed by atoms with Gasteiger partial charge in [0.1, 0.15) is 5.75 Å². The van der Waals surface area contributed by atoms with E-state index in [0.717, 1.165) is 43.4 Å². The first-order chi connectivity index (χ1) is 16.2. The Hall–Kier alpha value is -2.84. The van der Waals surface area contributed by atoms with E-state index in [-0.39, 0.29) is 11.3 Å². The van der Waals surface area contributed by atoms with Gasteiger partial charge in [0.05, 0.1) is 16.8 Å². The van der Waals surface area contributed by atoms with Crippen LogP contribution >= 0.6 is 0 Å². The van der Waals surface area contributed by atoms with Crippen molar-refractivity contribution in [3.8, 4) is 5.75 Å². The maximum Gasteiger partial charge on any atom is 0.418 e. The van der Waals surface area contributed by atoms with Crippen LogP contribution in [-0.4, -0.2) is 46.1 Å². The number of benzene rings is 2. The number of hydrogen-bond donors (Lipinski definition) is 2. The van der Waals surface area contributed by atoms with Gasteiger partial charge in [0, 0.05) is 35.9 Å². The van der Waals surface area contributed by atoms with E-state index in [1.165, 1.54) is 12.3 Å². The van der Waals surface area contributed by atoms with Crippen LogP contribution in [0.15, 0.2) is 42.6 Å². The van der Waals surface area contributed by atoms with Crippen LogP contribution in [0.3, 0.4) is 0 Å². The van der Waals surface area contributed by atoms with Gasteiger partial charge in [-0.3, -0.25) is 14.8 Å². The smallest absolute Gasteiger partial charge is 0.418 e. The van der Waals surface area contributed by atoms with Crippen molar-refractivity contribution >= 4 is 22.3 Å². The van der Waals surface area contributed by atoms with Crippen molar-refractivity contribution in [1.29, 1.82) is 0 Å². The van der Waals surface area contributed by atoms with Gasteiger partial charge in [-0.25, -0.2) is 0 Å². The molecule has 0 unspecified atom stereocenters. The molecule has 5 nitrogen and oxygen atoms in total. The number of phenols is 1. The predicted octanol–water partition coefficient (Wildman–Crippen LogP) is 6.39. The van der Waals surface area contributed by atoms with Crippen molar-refractivity contribution in [3.05, 3.63) is 59.3 Å². The third-order valence-corrected chi connectivity index (χ3v) is 6.18. The van der Waals surface area contributed by atoms with E-state index < -0.39 is 11.7 Å². The summed E-state index contributed by atoms with van der Waals surface area (Å²) >= 11 is 0. The van der Waals surface area contributed by atoms with Gasteiger partial charge in [-0.05, 0) is 56.0 Å². The summed E-state index contributed by atoms with van der Waals surface area (Å²) in [5.41, 5.74) is 1.83. The Morgan fingerprint density at radius 3 is 2.15 bits per heavy atom. The quantitative estimate of drug-likeness (QED) is 0.334. The minimum Gasteiger partial charge on any atom is -0.505 e. The molecule has 0 bridgehead atoms.